The summed E-state index contributed by atoms with van der Waals surface area (Å²) in [5.41, 5.74) is -0.756. The lowest BCUT2D eigenvalue weighted by Gasteiger charge is -2.35. The van der Waals surface area contributed by atoms with E-state index >= 15 is 0 Å². The highest BCUT2D eigenvalue weighted by molar-refractivity contribution is 5.93. The number of nitrogens with zero attached hydrogens (tertiary/aromatic N) is 2. The second-order valence-corrected chi connectivity index (χ2v) is 7.54. The third kappa shape index (κ3) is 2.74. The third-order valence-corrected chi connectivity index (χ3v) is 5.98. The molecular formula is C18H24F2N2O4. The molecule has 6 nitrogen and oxygen atoms in total. The Balaban J connectivity index is 1.49. The summed E-state index contributed by atoms with van der Waals surface area (Å²) in [5, 5.41) is 0. The summed E-state index contributed by atoms with van der Waals surface area (Å²) in [4.78, 5) is 29.1. The van der Waals surface area contributed by atoms with Gasteiger partial charge in [0.05, 0.1) is 31.1 Å². The summed E-state index contributed by atoms with van der Waals surface area (Å²) in [6.07, 6.45) is 2.66. The van der Waals surface area contributed by atoms with Crippen LogP contribution in [0.3, 0.4) is 0 Å². The lowest BCUT2D eigenvalue weighted by Crippen LogP contribution is -2.50. The van der Waals surface area contributed by atoms with Crippen molar-refractivity contribution < 1.29 is 27.8 Å². The van der Waals surface area contributed by atoms with Crippen molar-refractivity contribution in [3.63, 3.8) is 0 Å². The lowest BCUT2D eigenvalue weighted by molar-refractivity contribution is -0.147. The first-order chi connectivity index (χ1) is 12.4. The van der Waals surface area contributed by atoms with Crippen molar-refractivity contribution >= 4 is 11.8 Å². The fourth-order valence-corrected chi connectivity index (χ4v) is 4.63. The number of carbonyl (C=O) groups excluding carboxylic acids is 2. The fraction of sp³-hybridized carbons (Fsp3) is 0.778. The van der Waals surface area contributed by atoms with E-state index in [9.17, 15) is 18.4 Å². The number of halogens is 2. The number of carbonyl (C=O) groups is 2. The van der Waals surface area contributed by atoms with Crippen molar-refractivity contribution in [3.8, 4) is 0 Å². The van der Waals surface area contributed by atoms with Gasteiger partial charge in [0.1, 0.15) is 5.60 Å². The third-order valence-electron chi connectivity index (χ3n) is 5.98. The number of piperidine rings is 1. The van der Waals surface area contributed by atoms with E-state index in [2.05, 4.69) is 0 Å². The molecule has 26 heavy (non-hydrogen) atoms. The molecule has 4 rings (SSSR count). The van der Waals surface area contributed by atoms with Crippen molar-refractivity contribution in [2.45, 2.75) is 37.4 Å². The highest BCUT2D eigenvalue weighted by atomic mass is 19.3. The molecule has 0 unspecified atom stereocenters. The Bertz CT molecular complexity index is 631. The van der Waals surface area contributed by atoms with Crippen molar-refractivity contribution in [1.29, 1.82) is 0 Å². The number of amides is 2. The molecule has 4 atom stereocenters. The quantitative estimate of drug-likeness (QED) is 0.537. The van der Waals surface area contributed by atoms with Gasteiger partial charge in [0, 0.05) is 39.1 Å². The highest BCUT2D eigenvalue weighted by Crippen LogP contribution is 2.52. The number of rotatable bonds is 5. The van der Waals surface area contributed by atoms with Crippen LogP contribution in [0, 0.1) is 11.8 Å². The van der Waals surface area contributed by atoms with E-state index in [0.717, 1.165) is 0 Å². The van der Waals surface area contributed by atoms with Crippen LogP contribution in [0.15, 0.2) is 12.2 Å². The first-order valence-electron chi connectivity index (χ1n) is 9.27. The van der Waals surface area contributed by atoms with Crippen LogP contribution in [0.2, 0.25) is 0 Å². The van der Waals surface area contributed by atoms with E-state index in [0.29, 0.717) is 26.3 Å². The Kier molecular flexibility index (Phi) is 4.30. The van der Waals surface area contributed by atoms with E-state index in [1.807, 2.05) is 19.1 Å². The van der Waals surface area contributed by atoms with Gasteiger partial charge in [0.15, 0.2) is 0 Å². The Morgan fingerprint density at radius 1 is 1.38 bits per heavy atom. The van der Waals surface area contributed by atoms with Crippen LogP contribution < -0.4 is 0 Å². The molecule has 0 aliphatic carbocycles. The van der Waals surface area contributed by atoms with Crippen LogP contribution in [0.1, 0.15) is 19.8 Å². The highest BCUT2D eigenvalue weighted by Gasteiger charge is 2.67. The first kappa shape index (κ1) is 17.9. The Morgan fingerprint density at radius 2 is 2.12 bits per heavy atom. The Labute approximate surface area is 151 Å². The molecule has 0 aromatic rings. The summed E-state index contributed by atoms with van der Waals surface area (Å²) in [7, 11) is 0. The summed E-state index contributed by atoms with van der Waals surface area (Å²) < 4.78 is 38.2. The number of hydrogen-bond donors (Lipinski definition) is 0. The Morgan fingerprint density at radius 3 is 2.81 bits per heavy atom. The first-order valence-corrected chi connectivity index (χ1v) is 9.27. The number of likely N-dealkylation sites (tertiary alicyclic amines) is 2. The molecule has 8 heteroatoms. The Hall–Kier alpha value is -1.54. The monoisotopic (exact) mass is 370 g/mol. The lowest BCUT2D eigenvalue weighted by atomic mass is 9.76. The van der Waals surface area contributed by atoms with Crippen LogP contribution in [0.5, 0.6) is 0 Å². The van der Waals surface area contributed by atoms with Crippen molar-refractivity contribution in [2.75, 3.05) is 39.4 Å². The minimum absolute atomic E-state index is 0.0285. The second kappa shape index (κ2) is 6.27. The van der Waals surface area contributed by atoms with E-state index in [-0.39, 0.29) is 37.7 Å². The molecule has 0 saturated carbocycles. The topological polar surface area (TPSA) is 59.1 Å². The maximum Gasteiger partial charge on any atom is 0.251 e. The average Bonchev–Trinajstić information content (AvgIpc) is 3.23. The largest absolute Gasteiger partial charge is 0.380 e. The van der Waals surface area contributed by atoms with Crippen LogP contribution >= 0.6 is 0 Å². The molecule has 2 amide bonds. The van der Waals surface area contributed by atoms with Crippen molar-refractivity contribution in [2.24, 2.45) is 11.8 Å². The molecule has 0 N–H and O–H groups in total. The van der Waals surface area contributed by atoms with E-state index in [4.69, 9.17) is 9.47 Å². The normalized spacial score (nSPS) is 37.5. The average molecular weight is 370 g/mol. The summed E-state index contributed by atoms with van der Waals surface area (Å²) in [5.74, 6) is -4.22. The number of ether oxygens (including phenoxy) is 2. The molecule has 1 spiro atoms. The van der Waals surface area contributed by atoms with Crippen LogP contribution in [0.25, 0.3) is 0 Å². The van der Waals surface area contributed by atoms with Gasteiger partial charge in [-0.25, -0.2) is 8.78 Å². The van der Waals surface area contributed by atoms with Gasteiger partial charge in [-0.3, -0.25) is 9.59 Å². The predicted molar refractivity (Wildman–Crippen MR) is 87.6 cm³/mol. The summed E-state index contributed by atoms with van der Waals surface area (Å²) >= 11 is 0. The van der Waals surface area contributed by atoms with Crippen LogP contribution in [-0.4, -0.2) is 78.6 Å². The maximum absolute atomic E-state index is 13.4. The molecule has 0 radical (unpaired) electrons. The summed E-state index contributed by atoms with van der Waals surface area (Å²) in [6.45, 7) is 3.85. The minimum Gasteiger partial charge on any atom is -0.380 e. The smallest absolute Gasteiger partial charge is 0.251 e. The van der Waals surface area contributed by atoms with Gasteiger partial charge in [-0.2, -0.15) is 0 Å². The maximum atomic E-state index is 13.4. The van der Waals surface area contributed by atoms with Gasteiger partial charge in [0.25, 0.3) is 5.92 Å². The zero-order chi connectivity index (χ0) is 18.5. The van der Waals surface area contributed by atoms with E-state index < -0.39 is 29.5 Å². The molecule has 4 heterocycles. The van der Waals surface area contributed by atoms with Gasteiger partial charge in [-0.1, -0.05) is 12.2 Å². The zero-order valence-corrected chi connectivity index (χ0v) is 14.8. The van der Waals surface area contributed by atoms with Gasteiger partial charge < -0.3 is 19.3 Å². The van der Waals surface area contributed by atoms with Crippen molar-refractivity contribution in [3.05, 3.63) is 12.2 Å². The van der Waals surface area contributed by atoms with Crippen LogP contribution in [0.4, 0.5) is 8.78 Å². The molecule has 2 bridgehead atoms. The van der Waals surface area contributed by atoms with Gasteiger partial charge in [0.2, 0.25) is 11.8 Å². The van der Waals surface area contributed by atoms with E-state index in [1.165, 1.54) is 4.90 Å². The molecule has 4 aliphatic rings. The molecular weight excluding hydrogens is 346 g/mol. The van der Waals surface area contributed by atoms with Crippen LogP contribution in [-0.2, 0) is 19.1 Å². The fourth-order valence-electron chi connectivity index (χ4n) is 4.63. The zero-order valence-electron chi connectivity index (χ0n) is 14.8. The SMILES string of the molecule is CCOCCN1C[C@]23C=C[C@H](O2)[C@@H](C(=O)N2CCC(F)(F)CC2)[C@@H]3C1=O. The minimum atomic E-state index is -2.71. The molecule has 144 valence electrons. The number of hydrogen-bond acceptors (Lipinski definition) is 4. The second-order valence-electron chi connectivity index (χ2n) is 7.54. The summed E-state index contributed by atoms with van der Waals surface area (Å²) in [6, 6.07) is 0. The predicted octanol–water partition coefficient (Wildman–Crippen LogP) is 1.06. The van der Waals surface area contributed by atoms with E-state index in [1.54, 1.807) is 4.90 Å². The molecule has 3 fully saturated rings. The molecule has 0 aromatic heterocycles. The molecule has 3 saturated heterocycles. The van der Waals surface area contributed by atoms with Crippen molar-refractivity contribution in [1.82, 2.24) is 9.80 Å². The molecule has 0 aromatic carbocycles. The van der Waals surface area contributed by atoms with Gasteiger partial charge >= 0.3 is 0 Å². The standard InChI is InChI=1S/C18H24F2N2O4/c1-2-25-10-9-22-11-17-4-3-12(26-17)13(14(17)16(22)24)15(23)21-7-5-18(19,20)6-8-21/h3-4,12-14H,2,5-11H2,1H3/t12-,13+,14+,17-/m0/s1. The number of fused-ring (bicyclic) bond motifs is 1. The van der Waals surface area contributed by atoms with Gasteiger partial charge in [-0.15, -0.1) is 0 Å². The molecule has 4 aliphatic heterocycles. The number of alkyl halides is 2. The van der Waals surface area contributed by atoms with Gasteiger partial charge in [-0.05, 0) is 6.92 Å².